The van der Waals surface area contributed by atoms with E-state index in [1.165, 1.54) is 13.5 Å². The Morgan fingerprint density at radius 1 is 1.24 bits per heavy atom. The molecular weight excluding hydrogens is 270 g/mol. The Morgan fingerprint density at radius 2 is 2.05 bits per heavy atom. The highest BCUT2D eigenvalue weighted by Gasteiger charge is 2.22. The zero-order valence-corrected chi connectivity index (χ0v) is 13.4. The van der Waals surface area contributed by atoms with E-state index in [0.717, 1.165) is 38.7 Å². The Morgan fingerprint density at radius 3 is 2.67 bits per heavy atom. The molecule has 1 aliphatic heterocycles. The number of esters is 1. The van der Waals surface area contributed by atoms with Crippen LogP contribution in [-0.2, 0) is 19.1 Å². The molecule has 0 aromatic carbocycles. The topological polar surface area (TPSA) is 55.8 Å². The summed E-state index contributed by atoms with van der Waals surface area (Å²) >= 11 is 0. The highest BCUT2D eigenvalue weighted by Crippen LogP contribution is 2.15. The van der Waals surface area contributed by atoms with Gasteiger partial charge in [0, 0.05) is 26.1 Å². The van der Waals surface area contributed by atoms with Crippen LogP contribution in [0.3, 0.4) is 0 Å². The van der Waals surface area contributed by atoms with Crippen LogP contribution >= 0.6 is 0 Å². The van der Waals surface area contributed by atoms with E-state index in [9.17, 15) is 9.59 Å². The summed E-state index contributed by atoms with van der Waals surface area (Å²) < 4.78 is 10.3. The summed E-state index contributed by atoms with van der Waals surface area (Å²) in [5.74, 6) is -0.142. The molecule has 122 valence electrons. The smallest absolute Gasteiger partial charge is 0.307 e. The molecule has 0 radical (unpaired) electrons. The summed E-state index contributed by atoms with van der Waals surface area (Å²) in [5, 5.41) is 0. The van der Waals surface area contributed by atoms with Gasteiger partial charge in [-0.15, -0.1) is 0 Å². The molecule has 1 fully saturated rings. The van der Waals surface area contributed by atoms with Gasteiger partial charge < -0.3 is 14.4 Å². The van der Waals surface area contributed by atoms with Gasteiger partial charge in [0.15, 0.2) is 0 Å². The van der Waals surface area contributed by atoms with Crippen LogP contribution in [0.15, 0.2) is 0 Å². The molecule has 5 nitrogen and oxygen atoms in total. The van der Waals surface area contributed by atoms with Crippen LogP contribution in [0.5, 0.6) is 0 Å². The van der Waals surface area contributed by atoms with Crippen molar-refractivity contribution in [2.75, 3.05) is 26.8 Å². The second-order valence-electron chi connectivity index (χ2n) is 5.61. The zero-order chi connectivity index (χ0) is 15.5. The van der Waals surface area contributed by atoms with Gasteiger partial charge in [-0.05, 0) is 19.3 Å². The van der Waals surface area contributed by atoms with Crippen LogP contribution in [0.1, 0.15) is 58.3 Å². The largest absolute Gasteiger partial charge is 0.469 e. The first-order valence-corrected chi connectivity index (χ1v) is 8.13. The fourth-order valence-electron chi connectivity index (χ4n) is 2.54. The number of amides is 1. The summed E-state index contributed by atoms with van der Waals surface area (Å²) in [6, 6.07) is 0. The van der Waals surface area contributed by atoms with Crippen LogP contribution in [0, 0.1) is 0 Å². The molecule has 0 aromatic rings. The molecule has 21 heavy (non-hydrogen) atoms. The van der Waals surface area contributed by atoms with E-state index in [1.807, 2.05) is 0 Å². The molecule has 1 saturated heterocycles. The number of carbonyl (C=O) groups is 2. The van der Waals surface area contributed by atoms with Gasteiger partial charge in [-0.2, -0.15) is 0 Å². The van der Waals surface area contributed by atoms with Gasteiger partial charge in [-0.25, -0.2) is 0 Å². The Bertz CT molecular complexity index is 313. The second-order valence-corrected chi connectivity index (χ2v) is 5.61. The van der Waals surface area contributed by atoms with Crippen molar-refractivity contribution in [1.29, 1.82) is 0 Å². The van der Waals surface area contributed by atoms with E-state index in [2.05, 4.69) is 11.7 Å². The molecule has 0 saturated carbocycles. The van der Waals surface area contributed by atoms with Crippen molar-refractivity contribution < 1.29 is 19.1 Å². The Labute approximate surface area is 128 Å². The lowest BCUT2D eigenvalue weighted by molar-refractivity contribution is -0.142. The van der Waals surface area contributed by atoms with Crippen molar-refractivity contribution >= 4 is 11.9 Å². The highest BCUT2D eigenvalue weighted by molar-refractivity contribution is 5.77. The lowest BCUT2D eigenvalue weighted by Gasteiger charge is -2.25. The van der Waals surface area contributed by atoms with Gasteiger partial charge >= 0.3 is 5.97 Å². The van der Waals surface area contributed by atoms with E-state index in [-0.39, 0.29) is 24.4 Å². The first kappa shape index (κ1) is 18.0. The third-order valence-electron chi connectivity index (χ3n) is 3.86. The van der Waals surface area contributed by atoms with Crippen molar-refractivity contribution in [3.8, 4) is 0 Å². The maximum atomic E-state index is 12.3. The minimum atomic E-state index is -0.272. The van der Waals surface area contributed by atoms with E-state index in [1.54, 1.807) is 4.90 Å². The van der Waals surface area contributed by atoms with Crippen LogP contribution < -0.4 is 0 Å². The maximum Gasteiger partial charge on any atom is 0.307 e. The molecule has 0 N–H and O–H groups in total. The standard InChI is InChI=1S/C16H29NO4/c1-3-4-5-6-9-15(18)17(11-10-16(19)20-2)13-14-8-7-12-21-14/h14H,3-13H2,1-2H3. The van der Waals surface area contributed by atoms with Crippen LogP contribution in [0.4, 0.5) is 0 Å². The van der Waals surface area contributed by atoms with Gasteiger partial charge in [0.25, 0.3) is 0 Å². The van der Waals surface area contributed by atoms with Crippen molar-refractivity contribution in [3.05, 3.63) is 0 Å². The summed E-state index contributed by atoms with van der Waals surface area (Å²) in [6.45, 7) is 3.96. The van der Waals surface area contributed by atoms with Crippen molar-refractivity contribution in [2.24, 2.45) is 0 Å². The second kappa shape index (κ2) is 10.6. The van der Waals surface area contributed by atoms with Gasteiger partial charge in [-0.3, -0.25) is 9.59 Å². The molecule has 0 bridgehead atoms. The van der Waals surface area contributed by atoms with E-state index < -0.39 is 0 Å². The van der Waals surface area contributed by atoms with Crippen molar-refractivity contribution in [3.63, 3.8) is 0 Å². The number of carbonyl (C=O) groups excluding carboxylic acids is 2. The third-order valence-corrected chi connectivity index (χ3v) is 3.86. The minimum absolute atomic E-state index is 0.127. The lowest BCUT2D eigenvalue weighted by Crippen LogP contribution is -2.38. The first-order chi connectivity index (χ1) is 10.2. The summed E-state index contributed by atoms with van der Waals surface area (Å²) in [5.41, 5.74) is 0. The fraction of sp³-hybridized carbons (Fsp3) is 0.875. The minimum Gasteiger partial charge on any atom is -0.469 e. The van der Waals surface area contributed by atoms with E-state index >= 15 is 0 Å². The average Bonchev–Trinajstić information content (AvgIpc) is 3.00. The molecule has 0 spiro atoms. The quantitative estimate of drug-likeness (QED) is 0.459. The summed E-state index contributed by atoms with van der Waals surface area (Å²) in [6.07, 6.45) is 7.34. The Hall–Kier alpha value is -1.10. The Balaban J connectivity index is 2.40. The summed E-state index contributed by atoms with van der Waals surface area (Å²) in [4.78, 5) is 25.4. The number of hydrogen-bond acceptors (Lipinski definition) is 4. The van der Waals surface area contributed by atoms with Crippen molar-refractivity contribution in [1.82, 2.24) is 4.90 Å². The SMILES string of the molecule is CCCCCCC(=O)N(CCC(=O)OC)CC1CCCO1. The molecule has 0 aliphatic carbocycles. The predicted molar refractivity (Wildman–Crippen MR) is 80.9 cm³/mol. The number of ether oxygens (including phenoxy) is 2. The Kier molecular flexibility index (Phi) is 9.06. The van der Waals surface area contributed by atoms with Gasteiger partial charge in [0.2, 0.25) is 5.91 Å². The fourth-order valence-corrected chi connectivity index (χ4v) is 2.54. The molecule has 1 rings (SSSR count). The monoisotopic (exact) mass is 299 g/mol. The van der Waals surface area contributed by atoms with E-state index in [0.29, 0.717) is 19.5 Å². The molecule has 1 aliphatic rings. The van der Waals surface area contributed by atoms with Crippen LogP contribution in [0.2, 0.25) is 0 Å². The number of rotatable bonds is 10. The molecular formula is C16H29NO4. The normalized spacial score (nSPS) is 17.7. The molecule has 1 unspecified atom stereocenters. The number of nitrogens with zero attached hydrogens (tertiary/aromatic N) is 1. The highest BCUT2D eigenvalue weighted by atomic mass is 16.5. The average molecular weight is 299 g/mol. The summed E-state index contributed by atoms with van der Waals surface area (Å²) in [7, 11) is 1.37. The zero-order valence-electron chi connectivity index (χ0n) is 13.4. The number of methoxy groups -OCH3 is 1. The van der Waals surface area contributed by atoms with Crippen LogP contribution in [-0.4, -0.2) is 49.7 Å². The third kappa shape index (κ3) is 7.46. The van der Waals surface area contributed by atoms with Gasteiger partial charge in [0.1, 0.15) is 0 Å². The molecule has 1 heterocycles. The van der Waals surface area contributed by atoms with Crippen LogP contribution in [0.25, 0.3) is 0 Å². The van der Waals surface area contributed by atoms with E-state index in [4.69, 9.17) is 4.74 Å². The van der Waals surface area contributed by atoms with Gasteiger partial charge in [-0.1, -0.05) is 26.2 Å². The molecule has 1 atom stereocenters. The lowest BCUT2D eigenvalue weighted by atomic mass is 10.1. The number of hydrogen-bond donors (Lipinski definition) is 0. The predicted octanol–water partition coefficient (Wildman–Crippen LogP) is 2.53. The maximum absolute atomic E-state index is 12.3. The molecule has 1 amide bonds. The van der Waals surface area contributed by atoms with Gasteiger partial charge in [0.05, 0.1) is 19.6 Å². The number of unbranched alkanes of at least 4 members (excludes halogenated alkanes) is 3. The van der Waals surface area contributed by atoms with Crippen molar-refractivity contribution in [2.45, 2.75) is 64.4 Å². The molecule has 0 aromatic heterocycles. The first-order valence-electron chi connectivity index (χ1n) is 8.13. The molecule has 5 heteroatoms.